The lowest BCUT2D eigenvalue weighted by atomic mass is 9.93. The number of nitrogens with zero attached hydrogens (tertiary/aromatic N) is 2. The highest BCUT2D eigenvalue weighted by Gasteiger charge is 2.13. The Balaban J connectivity index is 2.71. The van der Waals surface area contributed by atoms with E-state index >= 15 is 0 Å². The third-order valence-electron chi connectivity index (χ3n) is 3.52. The van der Waals surface area contributed by atoms with Crippen LogP contribution in [0, 0.1) is 0 Å². The SMILES string of the molecule is CC(C)c1cccc(C(C)C)c1N=c1[nH]cc(Br)n1C. The molecule has 4 heteroatoms. The standard InChI is InChI=1S/C16H22BrN3/c1-10(2)12-7-6-8-13(11(3)4)15(12)19-16-18-9-14(17)20(16)5/h6-11H,1-5H3,(H,18,19). The second-order valence-electron chi connectivity index (χ2n) is 5.70. The second-order valence-corrected chi connectivity index (χ2v) is 6.51. The van der Waals surface area contributed by atoms with Gasteiger partial charge in [-0.1, -0.05) is 45.9 Å². The van der Waals surface area contributed by atoms with Crippen LogP contribution in [0.3, 0.4) is 0 Å². The fraction of sp³-hybridized carbons (Fsp3) is 0.438. The van der Waals surface area contributed by atoms with Crippen molar-refractivity contribution in [3.8, 4) is 0 Å². The molecule has 0 radical (unpaired) electrons. The van der Waals surface area contributed by atoms with Crippen molar-refractivity contribution in [1.29, 1.82) is 0 Å². The first-order chi connectivity index (χ1) is 9.41. The summed E-state index contributed by atoms with van der Waals surface area (Å²) >= 11 is 3.50. The van der Waals surface area contributed by atoms with Crippen molar-refractivity contribution in [2.45, 2.75) is 39.5 Å². The van der Waals surface area contributed by atoms with Gasteiger partial charge in [-0.3, -0.25) is 0 Å². The largest absolute Gasteiger partial charge is 0.330 e. The van der Waals surface area contributed by atoms with Gasteiger partial charge in [0.25, 0.3) is 0 Å². The predicted molar refractivity (Wildman–Crippen MR) is 87.3 cm³/mol. The van der Waals surface area contributed by atoms with Crippen LogP contribution in [-0.2, 0) is 7.05 Å². The first kappa shape index (κ1) is 15.1. The molecule has 20 heavy (non-hydrogen) atoms. The van der Waals surface area contributed by atoms with Gasteiger partial charge in [-0.2, -0.15) is 0 Å². The van der Waals surface area contributed by atoms with E-state index in [9.17, 15) is 0 Å². The fourth-order valence-electron chi connectivity index (χ4n) is 2.27. The minimum absolute atomic E-state index is 0.455. The number of benzene rings is 1. The molecule has 1 aromatic carbocycles. The Bertz CT molecular complexity index is 636. The van der Waals surface area contributed by atoms with Crippen molar-refractivity contribution < 1.29 is 0 Å². The zero-order chi connectivity index (χ0) is 14.9. The molecule has 2 rings (SSSR count). The van der Waals surface area contributed by atoms with Gasteiger partial charge in [0.05, 0.1) is 5.69 Å². The summed E-state index contributed by atoms with van der Waals surface area (Å²) in [6.07, 6.45) is 1.91. The lowest BCUT2D eigenvalue weighted by Gasteiger charge is -2.16. The molecule has 0 saturated carbocycles. The molecule has 0 aliphatic carbocycles. The molecule has 0 aliphatic rings. The highest BCUT2D eigenvalue weighted by atomic mass is 79.9. The maximum absolute atomic E-state index is 4.88. The summed E-state index contributed by atoms with van der Waals surface area (Å²) in [5.41, 5.74) is 4.54. The molecule has 0 spiro atoms. The summed E-state index contributed by atoms with van der Waals surface area (Å²) < 4.78 is 2.99. The Morgan fingerprint density at radius 3 is 2.05 bits per heavy atom. The van der Waals surface area contributed by atoms with Crippen molar-refractivity contribution in [1.82, 2.24) is 9.55 Å². The van der Waals surface area contributed by atoms with Crippen LogP contribution in [0.1, 0.15) is 50.7 Å². The average molecular weight is 336 g/mol. The molecule has 0 bridgehead atoms. The van der Waals surface area contributed by atoms with E-state index in [2.05, 4.69) is 66.8 Å². The molecular formula is C16H22BrN3. The Morgan fingerprint density at radius 1 is 1.10 bits per heavy atom. The molecule has 0 atom stereocenters. The molecule has 3 nitrogen and oxygen atoms in total. The van der Waals surface area contributed by atoms with Crippen molar-refractivity contribution in [2.24, 2.45) is 12.0 Å². The number of hydrogen-bond donors (Lipinski definition) is 1. The molecular weight excluding hydrogens is 314 g/mol. The lowest BCUT2D eigenvalue weighted by Crippen LogP contribution is -2.15. The predicted octanol–water partition coefficient (Wildman–Crippen LogP) is 4.59. The summed E-state index contributed by atoms with van der Waals surface area (Å²) in [4.78, 5) is 8.09. The zero-order valence-electron chi connectivity index (χ0n) is 12.7. The smallest absolute Gasteiger partial charge is 0.208 e. The summed E-state index contributed by atoms with van der Waals surface area (Å²) in [6, 6.07) is 6.48. The van der Waals surface area contributed by atoms with Gasteiger partial charge in [-0.25, -0.2) is 4.99 Å². The number of hydrogen-bond acceptors (Lipinski definition) is 1. The van der Waals surface area contributed by atoms with E-state index < -0.39 is 0 Å². The van der Waals surface area contributed by atoms with Gasteiger partial charge >= 0.3 is 0 Å². The Morgan fingerprint density at radius 2 is 1.65 bits per heavy atom. The number of para-hydroxylation sites is 1. The minimum atomic E-state index is 0.455. The number of nitrogens with one attached hydrogen (secondary N) is 1. The molecule has 2 aromatic rings. The molecule has 0 unspecified atom stereocenters. The van der Waals surface area contributed by atoms with E-state index in [4.69, 9.17) is 4.99 Å². The number of aromatic nitrogens is 2. The van der Waals surface area contributed by atoms with E-state index in [1.165, 1.54) is 11.1 Å². The summed E-state index contributed by atoms with van der Waals surface area (Å²) in [5.74, 6) is 0.910. The van der Waals surface area contributed by atoms with Gasteiger partial charge in [0.1, 0.15) is 4.60 Å². The third kappa shape index (κ3) is 2.90. The monoisotopic (exact) mass is 335 g/mol. The van der Waals surface area contributed by atoms with E-state index in [0.717, 1.165) is 15.9 Å². The summed E-state index contributed by atoms with van der Waals surface area (Å²) in [6.45, 7) is 8.85. The quantitative estimate of drug-likeness (QED) is 0.850. The van der Waals surface area contributed by atoms with Crippen LogP contribution in [0.5, 0.6) is 0 Å². The van der Waals surface area contributed by atoms with Gasteiger partial charge < -0.3 is 9.55 Å². The van der Waals surface area contributed by atoms with Crippen molar-refractivity contribution in [2.75, 3.05) is 0 Å². The first-order valence-corrected chi connectivity index (χ1v) is 7.78. The number of halogens is 1. The maximum Gasteiger partial charge on any atom is 0.208 e. The number of rotatable bonds is 3. The zero-order valence-corrected chi connectivity index (χ0v) is 14.3. The molecule has 1 N–H and O–H groups in total. The van der Waals surface area contributed by atoms with E-state index in [1.54, 1.807) is 0 Å². The van der Waals surface area contributed by atoms with Crippen LogP contribution in [0.15, 0.2) is 34.0 Å². The highest BCUT2D eigenvalue weighted by molar-refractivity contribution is 9.10. The Kier molecular flexibility index (Phi) is 4.53. The van der Waals surface area contributed by atoms with Crippen LogP contribution >= 0.6 is 15.9 Å². The molecule has 1 heterocycles. The van der Waals surface area contributed by atoms with Crippen LogP contribution in [0.4, 0.5) is 5.69 Å². The topological polar surface area (TPSA) is 33.1 Å². The number of aromatic amines is 1. The summed E-state index contributed by atoms with van der Waals surface area (Å²) in [7, 11) is 1.99. The second kappa shape index (κ2) is 6.00. The third-order valence-corrected chi connectivity index (χ3v) is 4.28. The molecule has 1 aromatic heterocycles. The fourth-order valence-corrected chi connectivity index (χ4v) is 2.56. The number of H-pyrrole nitrogens is 1. The van der Waals surface area contributed by atoms with E-state index in [-0.39, 0.29) is 0 Å². The van der Waals surface area contributed by atoms with Crippen LogP contribution < -0.4 is 5.62 Å². The Labute approximate surface area is 128 Å². The van der Waals surface area contributed by atoms with Crippen molar-refractivity contribution >= 4 is 21.6 Å². The maximum atomic E-state index is 4.88. The van der Waals surface area contributed by atoms with Gasteiger partial charge in [0.15, 0.2) is 0 Å². The molecule has 0 aliphatic heterocycles. The van der Waals surface area contributed by atoms with Crippen LogP contribution in [0.2, 0.25) is 0 Å². The molecule has 108 valence electrons. The molecule has 0 fully saturated rings. The lowest BCUT2D eigenvalue weighted by molar-refractivity contribution is 0.797. The van der Waals surface area contributed by atoms with E-state index in [0.29, 0.717) is 11.8 Å². The van der Waals surface area contributed by atoms with E-state index in [1.807, 2.05) is 17.8 Å². The highest BCUT2D eigenvalue weighted by Crippen LogP contribution is 2.34. The molecule has 0 saturated heterocycles. The van der Waals surface area contributed by atoms with Crippen molar-refractivity contribution in [3.05, 3.63) is 45.7 Å². The average Bonchev–Trinajstić information content (AvgIpc) is 2.70. The minimum Gasteiger partial charge on any atom is -0.330 e. The first-order valence-electron chi connectivity index (χ1n) is 6.99. The Hall–Kier alpha value is -1.29. The van der Waals surface area contributed by atoms with Gasteiger partial charge in [-0.05, 0) is 38.9 Å². The normalized spacial score (nSPS) is 12.7. The molecule has 0 amide bonds. The van der Waals surface area contributed by atoms with Crippen molar-refractivity contribution in [3.63, 3.8) is 0 Å². The van der Waals surface area contributed by atoms with Gasteiger partial charge in [0, 0.05) is 13.2 Å². The summed E-state index contributed by atoms with van der Waals surface area (Å²) in [5, 5.41) is 0. The van der Waals surface area contributed by atoms with Gasteiger partial charge in [-0.15, -0.1) is 0 Å². The van der Waals surface area contributed by atoms with Crippen LogP contribution in [-0.4, -0.2) is 9.55 Å². The van der Waals surface area contributed by atoms with Gasteiger partial charge in [0.2, 0.25) is 5.62 Å². The number of imidazole rings is 1. The van der Waals surface area contributed by atoms with Crippen LogP contribution in [0.25, 0.3) is 0 Å².